The number of likely N-dealkylation sites (tertiary alicyclic amines) is 1. The van der Waals surface area contributed by atoms with Crippen LogP contribution in [0.5, 0.6) is 0 Å². The van der Waals surface area contributed by atoms with E-state index >= 15 is 0 Å². The summed E-state index contributed by atoms with van der Waals surface area (Å²) >= 11 is 0. The van der Waals surface area contributed by atoms with Gasteiger partial charge in [0.2, 0.25) is 0 Å². The van der Waals surface area contributed by atoms with Gasteiger partial charge in [-0.15, -0.1) is 0 Å². The Balaban J connectivity index is 1.86. The Bertz CT molecular complexity index is 324. The second-order valence-electron chi connectivity index (χ2n) is 4.54. The number of imidazole rings is 1. The van der Waals surface area contributed by atoms with Crippen LogP contribution in [0.3, 0.4) is 0 Å². The van der Waals surface area contributed by atoms with E-state index in [2.05, 4.69) is 14.5 Å². The average Bonchev–Trinajstić information content (AvgIpc) is 2.72. The van der Waals surface area contributed by atoms with E-state index in [9.17, 15) is 5.11 Å². The smallest absolute Gasteiger partial charge is 0.105 e. The number of aliphatic hydroxyl groups excluding tert-OH is 1. The fraction of sp³-hybridized carbons (Fsp3) is 0.750. The summed E-state index contributed by atoms with van der Waals surface area (Å²) < 4.78 is 2.17. The van der Waals surface area contributed by atoms with Crippen LogP contribution in [-0.4, -0.2) is 45.3 Å². The van der Waals surface area contributed by atoms with Crippen LogP contribution in [0.1, 0.15) is 25.1 Å². The summed E-state index contributed by atoms with van der Waals surface area (Å²) in [7, 11) is 0. The number of nitrogens with zero attached hydrogens (tertiary/aromatic N) is 3. The van der Waals surface area contributed by atoms with Crippen molar-refractivity contribution in [1.82, 2.24) is 14.5 Å². The molecule has 1 unspecified atom stereocenters. The molecule has 1 N–H and O–H groups in total. The molecule has 1 atom stereocenters. The Morgan fingerprint density at radius 3 is 3.00 bits per heavy atom. The first-order chi connectivity index (χ1) is 7.81. The molecule has 0 aromatic carbocycles. The van der Waals surface area contributed by atoms with Crippen LogP contribution >= 0.6 is 0 Å². The molecule has 1 saturated heterocycles. The Kier molecular flexibility index (Phi) is 3.96. The Morgan fingerprint density at radius 1 is 1.44 bits per heavy atom. The lowest BCUT2D eigenvalue weighted by atomic mass is 10.0. The molecule has 0 amide bonds. The number of aryl methyl sites for hydroxylation is 1. The van der Waals surface area contributed by atoms with Gasteiger partial charge >= 0.3 is 0 Å². The van der Waals surface area contributed by atoms with Crippen molar-refractivity contribution in [3.05, 3.63) is 18.2 Å². The molecule has 2 rings (SSSR count). The summed E-state index contributed by atoms with van der Waals surface area (Å²) in [6.45, 7) is 5.44. The summed E-state index contributed by atoms with van der Waals surface area (Å²) in [4.78, 5) is 6.62. The quantitative estimate of drug-likeness (QED) is 0.829. The summed E-state index contributed by atoms with van der Waals surface area (Å²) in [5, 5.41) is 9.31. The van der Waals surface area contributed by atoms with Gasteiger partial charge in [0.05, 0.1) is 6.61 Å². The van der Waals surface area contributed by atoms with Gasteiger partial charge in [0, 0.05) is 31.5 Å². The maximum absolute atomic E-state index is 9.31. The number of hydrogen-bond donors (Lipinski definition) is 1. The minimum absolute atomic E-state index is 0.295. The number of hydrogen-bond acceptors (Lipinski definition) is 3. The highest BCUT2D eigenvalue weighted by molar-refractivity contribution is 4.89. The summed E-state index contributed by atoms with van der Waals surface area (Å²) in [6.07, 6.45) is 7.52. The first kappa shape index (κ1) is 11.6. The van der Waals surface area contributed by atoms with E-state index in [1.165, 1.54) is 12.8 Å². The van der Waals surface area contributed by atoms with Gasteiger partial charge in [0.25, 0.3) is 0 Å². The molecule has 16 heavy (non-hydrogen) atoms. The molecule has 1 fully saturated rings. The Labute approximate surface area is 96.9 Å². The molecule has 1 aromatic rings. The molecule has 1 aromatic heterocycles. The predicted molar refractivity (Wildman–Crippen MR) is 63.3 cm³/mol. The van der Waals surface area contributed by atoms with Crippen LogP contribution in [-0.2, 0) is 6.54 Å². The second-order valence-corrected chi connectivity index (χ2v) is 4.54. The fourth-order valence-corrected chi connectivity index (χ4v) is 2.44. The number of aromatic nitrogens is 2. The minimum atomic E-state index is 0.295. The van der Waals surface area contributed by atoms with Gasteiger partial charge in [0.1, 0.15) is 5.82 Å². The maximum Gasteiger partial charge on any atom is 0.105 e. The van der Waals surface area contributed by atoms with Crippen LogP contribution in [0.25, 0.3) is 0 Å². The van der Waals surface area contributed by atoms with Crippen molar-refractivity contribution in [2.75, 3.05) is 19.7 Å². The van der Waals surface area contributed by atoms with Gasteiger partial charge in [-0.05, 0) is 26.3 Å². The van der Waals surface area contributed by atoms with Gasteiger partial charge in [-0.3, -0.25) is 4.90 Å². The summed E-state index contributed by atoms with van der Waals surface area (Å²) in [5.41, 5.74) is 0. The summed E-state index contributed by atoms with van der Waals surface area (Å²) in [5.74, 6) is 1.07. The highest BCUT2D eigenvalue weighted by Crippen LogP contribution is 2.16. The Morgan fingerprint density at radius 2 is 2.31 bits per heavy atom. The van der Waals surface area contributed by atoms with E-state index in [0.29, 0.717) is 12.6 Å². The molecule has 0 aliphatic carbocycles. The molecule has 4 nitrogen and oxygen atoms in total. The largest absolute Gasteiger partial charge is 0.395 e. The molecule has 1 aliphatic rings. The van der Waals surface area contributed by atoms with Crippen molar-refractivity contribution >= 4 is 0 Å². The third kappa shape index (κ3) is 2.62. The molecular formula is C12H21N3O. The SMILES string of the molecule is Cc1nccn1CCN1CCCCC1CO. The van der Waals surface area contributed by atoms with E-state index in [4.69, 9.17) is 0 Å². The molecule has 0 saturated carbocycles. The van der Waals surface area contributed by atoms with Crippen molar-refractivity contribution in [1.29, 1.82) is 0 Å². The Hall–Kier alpha value is -0.870. The number of piperidine rings is 1. The molecule has 4 heteroatoms. The molecule has 90 valence electrons. The summed E-state index contributed by atoms with van der Waals surface area (Å²) in [6, 6.07) is 0.373. The van der Waals surface area contributed by atoms with Gasteiger partial charge in [0.15, 0.2) is 0 Å². The van der Waals surface area contributed by atoms with Crippen molar-refractivity contribution in [2.24, 2.45) is 0 Å². The van der Waals surface area contributed by atoms with Crippen molar-refractivity contribution in [3.63, 3.8) is 0 Å². The van der Waals surface area contributed by atoms with Crippen molar-refractivity contribution < 1.29 is 5.11 Å². The molecule has 0 radical (unpaired) electrons. The highest BCUT2D eigenvalue weighted by atomic mass is 16.3. The zero-order valence-electron chi connectivity index (χ0n) is 9.97. The topological polar surface area (TPSA) is 41.3 Å². The monoisotopic (exact) mass is 223 g/mol. The zero-order valence-corrected chi connectivity index (χ0v) is 9.97. The predicted octanol–water partition coefficient (Wildman–Crippen LogP) is 1.04. The highest BCUT2D eigenvalue weighted by Gasteiger charge is 2.20. The maximum atomic E-state index is 9.31. The van der Waals surface area contributed by atoms with E-state index in [0.717, 1.165) is 31.9 Å². The van der Waals surface area contributed by atoms with E-state index in [-0.39, 0.29) is 0 Å². The first-order valence-corrected chi connectivity index (χ1v) is 6.14. The van der Waals surface area contributed by atoms with E-state index in [1.807, 2.05) is 19.3 Å². The van der Waals surface area contributed by atoms with Gasteiger partial charge in [-0.25, -0.2) is 4.98 Å². The van der Waals surface area contributed by atoms with Gasteiger partial charge in [-0.1, -0.05) is 6.42 Å². The van der Waals surface area contributed by atoms with Crippen molar-refractivity contribution in [3.8, 4) is 0 Å². The second kappa shape index (κ2) is 5.46. The minimum Gasteiger partial charge on any atom is -0.395 e. The lowest BCUT2D eigenvalue weighted by Gasteiger charge is -2.34. The van der Waals surface area contributed by atoms with Gasteiger partial charge < -0.3 is 9.67 Å². The third-order valence-corrected chi connectivity index (χ3v) is 3.51. The molecule has 2 heterocycles. The third-order valence-electron chi connectivity index (χ3n) is 3.51. The lowest BCUT2D eigenvalue weighted by molar-refractivity contribution is 0.0870. The zero-order chi connectivity index (χ0) is 11.4. The molecule has 1 aliphatic heterocycles. The molecule has 0 spiro atoms. The normalized spacial score (nSPS) is 22.5. The number of aliphatic hydroxyl groups is 1. The van der Waals surface area contributed by atoms with Crippen LogP contribution in [0.2, 0.25) is 0 Å². The van der Waals surface area contributed by atoms with Crippen LogP contribution < -0.4 is 0 Å². The average molecular weight is 223 g/mol. The van der Waals surface area contributed by atoms with Crippen LogP contribution in [0, 0.1) is 6.92 Å². The molecular weight excluding hydrogens is 202 g/mol. The van der Waals surface area contributed by atoms with Gasteiger partial charge in [-0.2, -0.15) is 0 Å². The van der Waals surface area contributed by atoms with Crippen LogP contribution in [0.15, 0.2) is 12.4 Å². The van der Waals surface area contributed by atoms with E-state index in [1.54, 1.807) is 0 Å². The number of rotatable bonds is 4. The van der Waals surface area contributed by atoms with E-state index < -0.39 is 0 Å². The first-order valence-electron chi connectivity index (χ1n) is 6.14. The lowest BCUT2D eigenvalue weighted by Crippen LogP contribution is -2.43. The van der Waals surface area contributed by atoms with Crippen molar-refractivity contribution in [2.45, 2.75) is 38.8 Å². The standard InChI is InChI=1S/C12H21N3O/c1-11-13-5-7-14(11)8-9-15-6-3-2-4-12(15)10-16/h5,7,12,16H,2-4,6,8-10H2,1H3. The molecule has 0 bridgehead atoms. The fourth-order valence-electron chi connectivity index (χ4n) is 2.44. The van der Waals surface area contributed by atoms with Crippen LogP contribution in [0.4, 0.5) is 0 Å².